The summed E-state index contributed by atoms with van der Waals surface area (Å²) in [6.45, 7) is 12.0. The highest BCUT2D eigenvalue weighted by Gasteiger charge is 2.23. The molecule has 29 heavy (non-hydrogen) atoms. The van der Waals surface area contributed by atoms with Crippen LogP contribution < -0.4 is 14.5 Å². The second-order valence-electron chi connectivity index (χ2n) is 7.27. The van der Waals surface area contributed by atoms with Crippen molar-refractivity contribution in [2.75, 3.05) is 38.2 Å². The Balaban J connectivity index is 2.00. The molecule has 0 fully saturated rings. The summed E-state index contributed by atoms with van der Waals surface area (Å²) in [5.41, 5.74) is 3.82. The fourth-order valence-corrected chi connectivity index (χ4v) is 4.39. The summed E-state index contributed by atoms with van der Waals surface area (Å²) in [7, 11) is 1.65. The Labute approximate surface area is 176 Å². The largest absolute Gasteiger partial charge is 0.494 e. The summed E-state index contributed by atoms with van der Waals surface area (Å²) in [4.78, 5) is 21.6. The first kappa shape index (κ1) is 21.3. The number of aromatic nitrogens is 1. The summed E-state index contributed by atoms with van der Waals surface area (Å²) in [5.74, 6) is 0.732. The van der Waals surface area contributed by atoms with E-state index in [1.165, 1.54) is 21.8 Å². The van der Waals surface area contributed by atoms with Crippen LogP contribution in [0.25, 0.3) is 10.2 Å². The molecule has 1 amide bonds. The van der Waals surface area contributed by atoms with E-state index in [0.717, 1.165) is 46.3 Å². The highest BCUT2D eigenvalue weighted by atomic mass is 32.1. The molecular formula is C23H30N3O2S+. The minimum Gasteiger partial charge on any atom is -0.494 e. The molecule has 2 aromatic carbocycles. The van der Waals surface area contributed by atoms with Crippen molar-refractivity contribution in [3.05, 3.63) is 53.1 Å². The molecule has 0 aliphatic rings. The number of amides is 1. The number of nitrogens with zero attached hydrogens (tertiary/aromatic N) is 2. The molecule has 3 rings (SSSR count). The zero-order chi connectivity index (χ0) is 21.0. The Morgan fingerprint density at radius 2 is 1.90 bits per heavy atom. The predicted octanol–water partition coefficient (Wildman–Crippen LogP) is 3.49. The van der Waals surface area contributed by atoms with Crippen LogP contribution in [-0.2, 0) is 0 Å². The van der Waals surface area contributed by atoms with Crippen LogP contribution in [0.4, 0.5) is 5.13 Å². The Kier molecular flexibility index (Phi) is 6.87. The van der Waals surface area contributed by atoms with E-state index in [9.17, 15) is 4.79 Å². The number of aryl methyl sites for hydroxylation is 2. The van der Waals surface area contributed by atoms with Crippen molar-refractivity contribution in [1.82, 2.24) is 4.98 Å². The van der Waals surface area contributed by atoms with Gasteiger partial charge in [0, 0.05) is 5.56 Å². The number of quaternary nitrogens is 1. The van der Waals surface area contributed by atoms with Crippen LogP contribution in [0.15, 0.2) is 36.4 Å². The summed E-state index contributed by atoms with van der Waals surface area (Å²) >= 11 is 1.54. The van der Waals surface area contributed by atoms with Crippen LogP contribution in [0.5, 0.6) is 5.75 Å². The lowest BCUT2D eigenvalue weighted by molar-refractivity contribution is -0.894. The van der Waals surface area contributed by atoms with Gasteiger partial charge in [-0.2, -0.15) is 0 Å². The molecule has 5 nitrogen and oxygen atoms in total. The number of thiazole rings is 1. The first-order chi connectivity index (χ1) is 14.0. The number of nitrogens with one attached hydrogen (secondary N) is 1. The highest BCUT2D eigenvalue weighted by Crippen LogP contribution is 2.34. The van der Waals surface area contributed by atoms with Crippen molar-refractivity contribution >= 4 is 32.6 Å². The first-order valence-electron chi connectivity index (χ1n) is 10.1. The van der Waals surface area contributed by atoms with E-state index in [1.54, 1.807) is 7.11 Å². The monoisotopic (exact) mass is 412 g/mol. The zero-order valence-corrected chi connectivity index (χ0v) is 18.7. The second-order valence-corrected chi connectivity index (χ2v) is 8.28. The normalized spacial score (nSPS) is 11.2. The van der Waals surface area contributed by atoms with E-state index >= 15 is 0 Å². The maximum atomic E-state index is 13.5. The number of methoxy groups -OCH3 is 1. The fourth-order valence-electron chi connectivity index (χ4n) is 3.38. The van der Waals surface area contributed by atoms with E-state index in [2.05, 4.69) is 20.8 Å². The topological polar surface area (TPSA) is 46.9 Å². The van der Waals surface area contributed by atoms with Gasteiger partial charge in [0.1, 0.15) is 11.3 Å². The molecule has 3 aromatic rings. The Morgan fingerprint density at radius 3 is 2.55 bits per heavy atom. The molecule has 0 saturated carbocycles. The average molecular weight is 413 g/mol. The molecule has 0 unspecified atom stereocenters. The quantitative estimate of drug-likeness (QED) is 0.616. The lowest BCUT2D eigenvalue weighted by Crippen LogP contribution is -3.12. The molecule has 0 radical (unpaired) electrons. The van der Waals surface area contributed by atoms with E-state index in [-0.39, 0.29) is 5.91 Å². The van der Waals surface area contributed by atoms with Crippen molar-refractivity contribution in [2.24, 2.45) is 0 Å². The minimum absolute atomic E-state index is 0.00215. The molecule has 154 valence electrons. The number of likely N-dealkylation sites (N-methyl/N-ethyl adjacent to an activating group) is 1. The third kappa shape index (κ3) is 4.60. The van der Waals surface area contributed by atoms with Gasteiger partial charge < -0.3 is 9.64 Å². The second kappa shape index (κ2) is 9.37. The number of hydrogen-bond donors (Lipinski definition) is 1. The summed E-state index contributed by atoms with van der Waals surface area (Å²) in [6.07, 6.45) is 0. The van der Waals surface area contributed by atoms with Crippen LogP contribution in [0.3, 0.4) is 0 Å². The number of ether oxygens (including phenoxy) is 1. The smallest absolute Gasteiger partial charge is 0.260 e. The first-order valence-corrected chi connectivity index (χ1v) is 11.0. The molecular weight excluding hydrogens is 382 g/mol. The molecule has 1 aromatic heterocycles. The number of benzene rings is 2. The van der Waals surface area contributed by atoms with Gasteiger partial charge in [-0.3, -0.25) is 9.69 Å². The van der Waals surface area contributed by atoms with Gasteiger partial charge in [-0.25, -0.2) is 4.98 Å². The third-order valence-electron chi connectivity index (χ3n) is 5.51. The summed E-state index contributed by atoms with van der Waals surface area (Å²) in [6, 6.07) is 11.8. The minimum atomic E-state index is -0.00215. The predicted molar refractivity (Wildman–Crippen MR) is 121 cm³/mol. The van der Waals surface area contributed by atoms with Gasteiger partial charge in [0.05, 0.1) is 38.0 Å². The number of hydrogen-bond acceptors (Lipinski definition) is 4. The Morgan fingerprint density at radius 1 is 1.14 bits per heavy atom. The molecule has 0 aliphatic carbocycles. The number of anilines is 1. The molecule has 6 heteroatoms. The molecule has 0 atom stereocenters. The van der Waals surface area contributed by atoms with Gasteiger partial charge in [0.2, 0.25) is 0 Å². The average Bonchev–Trinajstić information content (AvgIpc) is 3.16. The van der Waals surface area contributed by atoms with Gasteiger partial charge in [-0.05, 0) is 63.1 Å². The summed E-state index contributed by atoms with van der Waals surface area (Å²) in [5, 5.41) is 0.722. The van der Waals surface area contributed by atoms with Crippen LogP contribution in [0, 0.1) is 13.8 Å². The number of carbonyl (C=O) groups is 1. The molecule has 1 N–H and O–H groups in total. The van der Waals surface area contributed by atoms with E-state index in [4.69, 9.17) is 9.72 Å². The van der Waals surface area contributed by atoms with E-state index in [1.807, 2.05) is 48.2 Å². The number of para-hydroxylation sites is 1. The van der Waals surface area contributed by atoms with Gasteiger partial charge in [0.25, 0.3) is 5.91 Å². The van der Waals surface area contributed by atoms with Gasteiger partial charge in [0.15, 0.2) is 5.13 Å². The molecule has 0 spiro atoms. The van der Waals surface area contributed by atoms with Crippen LogP contribution in [0.1, 0.15) is 35.3 Å². The zero-order valence-electron chi connectivity index (χ0n) is 17.9. The Hall–Kier alpha value is -2.44. The van der Waals surface area contributed by atoms with Crippen LogP contribution >= 0.6 is 11.3 Å². The van der Waals surface area contributed by atoms with Crippen LogP contribution in [-0.4, -0.2) is 44.2 Å². The van der Waals surface area contributed by atoms with E-state index in [0.29, 0.717) is 12.1 Å². The Bertz CT molecular complexity index is 995. The van der Waals surface area contributed by atoms with Crippen LogP contribution in [0.2, 0.25) is 0 Å². The third-order valence-corrected chi connectivity index (χ3v) is 6.55. The molecule has 0 aliphatic heterocycles. The van der Waals surface area contributed by atoms with Crippen molar-refractivity contribution in [3.8, 4) is 5.75 Å². The number of rotatable bonds is 8. The van der Waals surface area contributed by atoms with Gasteiger partial charge >= 0.3 is 0 Å². The fraction of sp³-hybridized carbons (Fsp3) is 0.391. The van der Waals surface area contributed by atoms with E-state index < -0.39 is 0 Å². The highest BCUT2D eigenvalue weighted by molar-refractivity contribution is 7.22. The van der Waals surface area contributed by atoms with Gasteiger partial charge in [-0.15, -0.1) is 0 Å². The lowest BCUT2D eigenvalue weighted by atomic mass is 10.1. The van der Waals surface area contributed by atoms with Crippen molar-refractivity contribution in [1.29, 1.82) is 0 Å². The number of carbonyl (C=O) groups excluding carboxylic acids is 1. The summed E-state index contributed by atoms with van der Waals surface area (Å²) < 4.78 is 6.48. The standard InChI is InChI=1S/C23H29N3O2S/c1-6-25(7-2)13-14-26(22(27)18-12-11-16(3)17(4)15-18)23-24-21-19(28-5)9-8-10-20(21)29-23/h8-12,15H,6-7,13-14H2,1-5H3/p+1. The van der Waals surface area contributed by atoms with Gasteiger partial charge in [-0.1, -0.05) is 23.5 Å². The van der Waals surface area contributed by atoms with Crippen molar-refractivity contribution < 1.29 is 14.4 Å². The maximum absolute atomic E-state index is 13.5. The molecule has 0 bridgehead atoms. The molecule has 1 heterocycles. The number of fused-ring (bicyclic) bond motifs is 1. The van der Waals surface area contributed by atoms with Crippen molar-refractivity contribution in [2.45, 2.75) is 27.7 Å². The SMILES string of the molecule is CC[NH+](CC)CCN(C(=O)c1ccc(C)c(C)c1)c1nc2c(OC)cccc2s1. The molecule has 0 saturated heterocycles. The maximum Gasteiger partial charge on any atom is 0.260 e. The lowest BCUT2D eigenvalue weighted by Gasteiger charge is -2.23. The van der Waals surface area contributed by atoms with Crippen molar-refractivity contribution in [3.63, 3.8) is 0 Å².